The van der Waals surface area contributed by atoms with Crippen molar-refractivity contribution in [2.24, 2.45) is 5.41 Å². The highest BCUT2D eigenvalue weighted by Gasteiger charge is 2.34. The summed E-state index contributed by atoms with van der Waals surface area (Å²) in [4.78, 5) is 17.7. The third-order valence-corrected chi connectivity index (χ3v) is 8.59. The van der Waals surface area contributed by atoms with E-state index in [2.05, 4.69) is 85.6 Å². The maximum Gasteiger partial charge on any atom is 0.226 e. The van der Waals surface area contributed by atoms with Crippen molar-refractivity contribution in [1.29, 1.82) is 5.41 Å². The number of hydrogen-bond acceptors (Lipinski definition) is 4. The Morgan fingerprint density at radius 3 is 2.62 bits per heavy atom. The Morgan fingerprint density at radius 1 is 1.15 bits per heavy atom. The summed E-state index contributed by atoms with van der Waals surface area (Å²) in [5.74, 6) is 0.226. The molecule has 1 atom stereocenters. The summed E-state index contributed by atoms with van der Waals surface area (Å²) in [5, 5.41) is 14.0. The number of nitrogens with one attached hydrogen (secondary N) is 2. The Balaban J connectivity index is 1.31. The molecule has 1 aromatic heterocycles. The number of nitrogens with zero attached hydrogens (tertiary/aromatic N) is 1. The predicted molar refractivity (Wildman–Crippen MR) is 168 cm³/mol. The number of hydrogen-bond donors (Lipinski definition) is 2. The van der Waals surface area contributed by atoms with Crippen LogP contribution in [-0.4, -0.2) is 23.7 Å². The Labute approximate surface area is 241 Å². The Bertz CT molecular complexity index is 1500. The molecule has 1 unspecified atom stereocenters. The van der Waals surface area contributed by atoms with E-state index < -0.39 is 0 Å². The van der Waals surface area contributed by atoms with Crippen LogP contribution in [-0.2, 0) is 11.2 Å². The highest BCUT2D eigenvalue weighted by atomic mass is 32.1. The minimum absolute atomic E-state index is 0.0544. The topological polar surface area (TPSA) is 65.8 Å². The monoisotopic (exact) mass is 545 g/mol. The van der Waals surface area contributed by atoms with Gasteiger partial charge in [0.15, 0.2) is 0 Å². The van der Waals surface area contributed by atoms with Gasteiger partial charge in [0.05, 0.1) is 12.1 Å². The maximum absolute atomic E-state index is 12.9. The van der Waals surface area contributed by atoms with Crippen molar-refractivity contribution in [3.05, 3.63) is 130 Å². The molecule has 0 radical (unpaired) electrons. The molecule has 0 aliphatic heterocycles. The van der Waals surface area contributed by atoms with E-state index in [9.17, 15) is 4.79 Å². The van der Waals surface area contributed by atoms with Gasteiger partial charge >= 0.3 is 0 Å². The van der Waals surface area contributed by atoms with Crippen LogP contribution >= 0.6 is 11.3 Å². The molecule has 5 heteroatoms. The molecule has 202 valence electrons. The average molecular weight is 546 g/mol. The number of rotatable bonds is 11. The molecule has 2 aliphatic rings. The maximum atomic E-state index is 12.9. The minimum Gasteiger partial charge on any atom is -0.352 e. The molecular weight excluding hydrogens is 510 g/mol. The van der Waals surface area contributed by atoms with E-state index in [1.54, 1.807) is 0 Å². The molecule has 0 bridgehead atoms. The second-order valence-corrected chi connectivity index (χ2v) is 11.6. The first-order chi connectivity index (χ1) is 19.5. The van der Waals surface area contributed by atoms with Crippen LogP contribution in [0.15, 0.2) is 103 Å². The summed E-state index contributed by atoms with van der Waals surface area (Å²) in [6, 6.07) is 18.6. The van der Waals surface area contributed by atoms with Crippen LogP contribution in [0.2, 0.25) is 0 Å². The van der Waals surface area contributed by atoms with Crippen molar-refractivity contribution < 1.29 is 4.79 Å². The van der Waals surface area contributed by atoms with Crippen molar-refractivity contribution in [2.75, 3.05) is 6.54 Å². The fourth-order valence-corrected chi connectivity index (χ4v) is 5.72. The molecule has 1 fully saturated rings. The molecule has 2 N–H and O–H groups in total. The number of carbonyl (C=O) groups is 1. The normalized spacial score (nSPS) is 18.1. The van der Waals surface area contributed by atoms with Crippen molar-refractivity contribution in [3.8, 4) is 0 Å². The van der Waals surface area contributed by atoms with Crippen LogP contribution in [0.5, 0.6) is 0 Å². The lowest BCUT2D eigenvalue weighted by Gasteiger charge is -2.22. The van der Waals surface area contributed by atoms with Gasteiger partial charge in [0, 0.05) is 29.6 Å². The number of benzene rings is 2. The third kappa shape index (κ3) is 6.72. The molecule has 2 aliphatic carbocycles. The van der Waals surface area contributed by atoms with Gasteiger partial charge in [0.2, 0.25) is 5.91 Å². The van der Waals surface area contributed by atoms with Crippen LogP contribution in [0.25, 0.3) is 17.2 Å². The molecule has 0 saturated heterocycles. The SMILES string of the molecule is C=Cc1ccc(C(/C=C/C2(C)CC2)=C(/C=N)c2nc(CC(=O)NCC3=CC=CCC3c3ccccc3)cs2)cc1. The average Bonchev–Trinajstić information content (AvgIpc) is 3.56. The highest BCUT2D eigenvalue weighted by molar-refractivity contribution is 7.11. The highest BCUT2D eigenvalue weighted by Crippen LogP contribution is 2.47. The standard InChI is InChI=1S/C35H35N3OS/c1-3-25-13-15-27(16-14-25)31(17-18-35(2)19-20-35)32(22-36)34-38-29(24-40-34)21-33(39)37-23-28-11-7-8-12-30(28)26-9-5-4-6-10-26/h3-11,13-18,22,24,30,36H,1,12,19-21,23H2,2H3,(H,37,39)/b18-17+,32-31-,36-22?. The number of allylic oxidation sites excluding steroid dienone is 7. The lowest BCUT2D eigenvalue weighted by molar-refractivity contribution is -0.120. The summed E-state index contributed by atoms with van der Waals surface area (Å²) in [7, 11) is 0. The van der Waals surface area contributed by atoms with E-state index >= 15 is 0 Å². The molecule has 1 heterocycles. The molecule has 5 rings (SSSR count). The molecule has 3 aromatic rings. The summed E-state index contributed by atoms with van der Waals surface area (Å²) >= 11 is 1.48. The second kappa shape index (κ2) is 12.4. The zero-order valence-electron chi connectivity index (χ0n) is 22.9. The van der Waals surface area contributed by atoms with Crippen molar-refractivity contribution in [1.82, 2.24) is 10.3 Å². The third-order valence-electron chi connectivity index (χ3n) is 7.66. The van der Waals surface area contributed by atoms with Gasteiger partial charge in [-0.15, -0.1) is 11.3 Å². The molecule has 2 aromatic carbocycles. The van der Waals surface area contributed by atoms with E-state index in [-0.39, 0.29) is 23.7 Å². The van der Waals surface area contributed by atoms with Crippen molar-refractivity contribution in [2.45, 2.75) is 38.5 Å². The van der Waals surface area contributed by atoms with Gasteiger partial charge in [-0.1, -0.05) is 105 Å². The minimum atomic E-state index is -0.0544. The fourth-order valence-electron chi connectivity index (χ4n) is 4.87. The summed E-state index contributed by atoms with van der Waals surface area (Å²) in [6.07, 6.45) is 17.5. The van der Waals surface area contributed by atoms with Gasteiger partial charge in [0.25, 0.3) is 0 Å². The predicted octanol–water partition coefficient (Wildman–Crippen LogP) is 8.03. The van der Waals surface area contributed by atoms with E-state index in [4.69, 9.17) is 10.4 Å². The van der Waals surface area contributed by atoms with Gasteiger partial charge in [-0.25, -0.2) is 4.98 Å². The van der Waals surface area contributed by atoms with Crippen LogP contribution in [0.3, 0.4) is 0 Å². The Kier molecular flexibility index (Phi) is 8.51. The van der Waals surface area contributed by atoms with Crippen LogP contribution in [0, 0.1) is 10.8 Å². The van der Waals surface area contributed by atoms with Crippen LogP contribution in [0.1, 0.15) is 59.5 Å². The molecule has 40 heavy (non-hydrogen) atoms. The van der Waals surface area contributed by atoms with E-state index in [1.165, 1.54) is 41.5 Å². The number of amides is 1. The van der Waals surface area contributed by atoms with Crippen molar-refractivity contribution >= 4 is 40.7 Å². The van der Waals surface area contributed by atoms with Gasteiger partial charge in [-0.2, -0.15) is 0 Å². The largest absolute Gasteiger partial charge is 0.352 e. The number of thiazole rings is 1. The van der Waals surface area contributed by atoms with Gasteiger partial charge in [-0.05, 0) is 52.5 Å². The van der Waals surface area contributed by atoms with Crippen LogP contribution < -0.4 is 5.32 Å². The molecular formula is C35H35N3OS. The summed E-state index contributed by atoms with van der Waals surface area (Å²) in [5.41, 5.74) is 7.22. The Morgan fingerprint density at radius 2 is 1.93 bits per heavy atom. The Hall–Kier alpha value is -4.09. The van der Waals surface area contributed by atoms with Crippen LogP contribution in [0.4, 0.5) is 0 Å². The van der Waals surface area contributed by atoms with E-state index in [1.807, 2.05) is 29.7 Å². The first-order valence-electron chi connectivity index (χ1n) is 13.8. The number of carbonyl (C=O) groups excluding carboxylic acids is 1. The molecule has 4 nitrogen and oxygen atoms in total. The first kappa shape index (κ1) is 27.5. The second-order valence-electron chi connectivity index (χ2n) is 10.8. The quantitative estimate of drug-likeness (QED) is 0.189. The number of aromatic nitrogens is 1. The summed E-state index contributed by atoms with van der Waals surface area (Å²) in [6.45, 7) is 6.63. The first-order valence-corrected chi connectivity index (χ1v) is 14.6. The van der Waals surface area contributed by atoms with Crippen molar-refractivity contribution in [3.63, 3.8) is 0 Å². The zero-order valence-corrected chi connectivity index (χ0v) is 23.7. The van der Waals surface area contributed by atoms with E-state index in [0.717, 1.165) is 33.7 Å². The molecule has 1 saturated carbocycles. The smallest absolute Gasteiger partial charge is 0.226 e. The van der Waals surface area contributed by atoms with Gasteiger partial charge in [0.1, 0.15) is 5.01 Å². The van der Waals surface area contributed by atoms with Gasteiger partial charge in [-0.3, -0.25) is 4.79 Å². The van der Waals surface area contributed by atoms with Gasteiger partial charge < -0.3 is 10.7 Å². The lowest BCUT2D eigenvalue weighted by Crippen LogP contribution is -2.29. The lowest BCUT2D eigenvalue weighted by atomic mass is 9.85. The fraction of sp³-hybridized carbons (Fsp3) is 0.229. The van der Waals surface area contributed by atoms with E-state index in [0.29, 0.717) is 12.2 Å². The zero-order chi connectivity index (χ0) is 28.0. The molecule has 1 amide bonds. The summed E-state index contributed by atoms with van der Waals surface area (Å²) < 4.78 is 0. The molecule has 0 spiro atoms.